The van der Waals surface area contributed by atoms with Crippen molar-refractivity contribution in [3.8, 4) is 0 Å². The highest BCUT2D eigenvalue weighted by Crippen LogP contribution is 2.33. The average molecular weight is 493 g/mol. The van der Waals surface area contributed by atoms with E-state index in [1.54, 1.807) is 0 Å². The van der Waals surface area contributed by atoms with Crippen LogP contribution in [0.3, 0.4) is 0 Å². The normalized spacial score (nSPS) is 12.5. The van der Waals surface area contributed by atoms with Crippen LogP contribution in [0.4, 0.5) is 0 Å². The van der Waals surface area contributed by atoms with Gasteiger partial charge in [0.1, 0.15) is 17.3 Å². The summed E-state index contributed by atoms with van der Waals surface area (Å²) < 4.78 is 0. The third-order valence-corrected chi connectivity index (χ3v) is 8.57. The van der Waals surface area contributed by atoms with Crippen molar-refractivity contribution in [2.24, 2.45) is 28.6 Å². The molecule has 0 saturated carbocycles. The number of rotatable bonds is 21. The quantitative estimate of drug-likeness (QED) is 0.128. The molecule has 0 aromatic carbocycles. The van der Waals surface area contributed by atoms with Gasteiger partial charge < -0.3 is 5.11 Å². The maximum atomic E-state index is 12.9. The molecule has 0 aromatic rings. The zero-order valence-electron chi connectivity index (χ0n) is 24.3. The molecule has 0 atom stereocenters. The largest absolute Gasteiger partial charge is 0.513 e. The number of unbranched alkanes of at least 4 members (excludes halogenated alkanes) is 5. The van der Waals surface area contributed by atoms with E-state index < -0.39 is 0 Å². The van der Waals surface area contributed by atoms with E-state index in [0.717, 1.165) is 38.5 Å². The number of aliphatic hydroxyl groups is 1. The van der Waals surface area contributed by atoms with Gasteiger partial charge in [0.2, 0.25) is 0 Å². The second kappa shape index (κ2) is 16.3. The van der Waals surface area contributed by atoms with Crippen molar-refractivity contribution in [2.45, 2.75) is 139 Å². The molecule has 0 heterocycles. The van der Waals surface area contributed by atoms with Gasteiger partial charge in [-0.1, -0.05) is 87.7 Å². The highest BCUT2D eigenvalue weighted by Gasteiger charge is 2.33. The predicted molar refractivity (Wildman–Crippen MR) is 148 cm³/mol. The molecule has 0 amide bonds. The van der Waals surface area contributed by atoms with Gasteiger partial charge in [0.15, 0.2) is 0 Å². The number of aliphatic hydroxyl groups excluding tert-OH is 1. The molecule has 1 N–H and O–H groups in total. The van der Waals surface area contributed by atoms with Gasteiger partial charge >= 0.3 is 0 Å². The van der Waals surface area contributed by atoms with Gasteiger partial charge in [0.25, 0.3) is 0 Å². The number of hydrogen-bond donors (Lipinski definition) is 1. The monoisotopic (exact) mass is 492 g/mol. The molecule has 4 nitrogen and oxygen atoms in total. The Kier molecular flexibility index (Phi) is 15.6. The summed E-state index contributed by atoms with van der Waals surface area (Å²) in [7, 11) is 0. The zero-order valence-corrected chi connectivity index (χ0v) is 24.3. The lowest BCUT2D eigenvalue weighted by atomic mass is 9.73. The zero-order chi connectivity index (χ0) is 27.2. The minimum absolute atomic E-state index is 0.0907. The fourth-order valence-corrected chi connectivity index (χ4v) is 4.09. The number of ketones is 3. The molecule has 0 aromatic heterocycles. The molecule has 4 heteroatoms. The van der Waals surface area contributed by atoms with Gasteiger partial charge in [-0.3, -0.25) is 14.4 Å². The lowest BCUT2D eigenvalue weighted by molar-refractivity contribution is -0.130. The standard InChI is InChI=1S/C31H56O4/c1-23(2)30(6,7)28(34)20-18-26(19-21-29(35)31(8,9)24(3)4)22-27(33)17-15-13-11-10-12-14-16-25(5)32/h23-24,26,32H,5,10-22H2,1-4,6-9H3. The van der Waals surface area contributed by atoms with Crippen molar-refractivity contribution in [3.05, 3.63) is 12.3 Å². The van der Waals surface area contributed by atoms with Crippen molar-refractivity contribution < 1.29 is 19.5 Å². The van der Waals surface area contributed by atoms with Crippen molar-refractivity contribution in [2.75, 3.05) is 0 Å². The van der Waals surface area contributed by atoms with Crippen LogP contribution in [-0.4, -0.2) is 22.5 Å². The summed E-state index contributed by atoms with van der Waals surface area (Å²) in [5.41, 5.74) is -0.733. The summed E-state index contributed by atoms with van der Waals surface area (Å²) in [6.45, 7) is 19.9. The van der Waals surface area contributed by atoms with E-state index in [0.29, 0.717) is 44.9 Å². The van der Waals surface area contributed by atoms with E-state index >= 15 is 0 Å². The maximum absolute atomic E-state index is 12.9. The van der Waals surface area contributed by atoms with Crippen LogP contribution in [0.5, 0.6) is 0 Å². The number of hydrogen-bond acceptors (Lipinski definition) is 4. The summed E-state index contributed by atoms with van der Waals surface area (Å²) in [6, 6.07) is 0. The van der Waals surface area contributed by atoms with Crippen LogP contribution in [0.2, 0.25) is 0 Å². The number of Topliss-reactive ketones (excluding diaryl/α,β-unsaturated/α-hetero) is 3. The van der Waals surface area contributed by atoms with Crippen molar-refractivity contribution in [1.29, 1.82) is 0 Å². The van der Waals surface area contributed by atoms with E-state index in [-0.39, 0.29) is 51.7 Å². The maximum Gasteiger partial charge on any atom is 0.138 e. The Morgan fingerprint density at radius 2 is 1.03 bits per heavy atom. The lowest BCUT2D eigenvalue weighted by Gasteiger charge is -2.29. The van der Waals surface area contributed by atoms with Crippen LogP contribution in [0.25, 0.3) is 0 Å². The SMILES string of the molecule is C=C(O)CCCCCCCCC(=O)CC(CCC(=O)C(C)(C)C(C)C)CCC(=O)C(C)(C)C(C)C. The molecule has 204 valence electrons. The van der Waals surface area contributed by atoms with Gasteiger partial charge in [0, 0.05) is 42.9 Å². The van der Waals surface area contributed by atoms with Gasteiger partial charge in [-0.05, 0) is 43.4 Å². The molecule has 0 bridgehead atoms. The summed E-state index contributed by atoms with van der Waals surface area (Å²) in [5.74, 6) is 1.66. The molecule has 0 fully saturated rings. The third kappa shape index (κ3) is 13.4. The first-order valence-electron chi connectivity index (χ1n) is 14.1. The summed E-state index contributed by atoms with van der Waals surface area (Å²) in [4.78, 5) is 38.5. The van der Waals surface area contributed by atoms with E-state index in [4.69, 9.17) is 5.11 Å². The van der Waals surface area contributed by atoms with E-state index in [9.17, 15) is 14.4 Å². The molecule has 0 spiro atoms. The minimum Gasteiger partial charge on any atom is -0.513 e. The van der Waals surface area contributed by atoms with Crippen LogP contribution < -0.4 is 0 Å². The Bertz CT molecular complexity index is 633. The van der Waals surface area contributed by atoms with Gasteiger partial charge in [-0.25, -0.2) is 0 Å². The molecular formula is C31H56O4. The van der Waals surface area contributed by atoms with Crippen molar-refractivity contribution in [3.63, 3.8) is 0 Å². The Labute approximate surface area is 216 Å². The van der Waals surface area contributed by atoms with Gasteiger partial charge in [-0.15, -0.1) is 0 Å². The first-order chi connectivity index (χ1) is 16.1. The average Bonchev–Trinajstić information content (AvgIpc) is 2.76. The van der Waals surface area contributed by atoms with Crippen LogP contribution in [0, 0.1) is 28.6 Å². The van der Waals surface area contributed by atoms with Crippen LogP contribution in [-0.2, 0) is 14.4 Å². The summed E-state index contributed by atoms with van der Waals surface area (Å²) in [5, 5.41) is 9.12. The van der Waals surface area contributed by atoms with Crippen LogP contribution in [0.1, 0.15) is 139 Å². The van der Waals surface area contributed by atoms with Crippen LogP contribution in [0.15, 0.2) is 12.3 Å². The minimum atomic E-state index is -0.367. The van der Waals surface area contributed by atoms with Crippen LogP contribution >= 0.6 is 0 Å². The number of carbonyl (C=O) groups excluding carboxylic acids is 3. The Morgan fingerprint density at radius 3 is 1.40 bits per heavy atom. The highest BCUT2D eigenvalue weighted by molar-refractivity contribution is 5.85. The first-order valence-corrected chi connectivity index (χ1v) is 14.1. The number of allylic oxidation sites excluding steroid dienone is 1. The molecule has 35 heavy (non-hydrogen) atoms. The fourth-order valence-electron chi connectivity index (χ4n) is 4.09. The molecule has 0 unspecified atom stereocenters. The van der Waals surface area contributed by atoms with Crippen molar-refractivity contribution >= 4 is 17.3 Å². The Balaban J connectivity index is 4.77. The molecule has 0 radical (unpaired) electrons. The number of carbonyl (C=O) groups is 3. The molecule has 0 aliphatic heterocycles. The third-order valence-electron chi connectivity index (χ3n) is 8.57. The predicted octanol–water partition coefficient (Wildman–Crippen LogP) is 8.82. The van der Waals surface area contributed by atoms with Gasteiger partial charge in [0.05, 0.1) is 5.76 Å². The molecule has 0 rings (SSSR count). The fraction of sp³-hybridized carbons (Fsp3) is 0.839. The summed E-state index contributed by atoms with van der Waals surface area (Å²) in [6.07, 6.45) is 10.3. The van der Waals surface area contributed by atoms with Crippen molar-refractivity contribution in [1.82, 2.24) is 0 Å². The van der Waals surface area contributed by atoms with Gasteiger partial charge in [-0.2, -0.15) is 0 Å². The summed E-state index contributed by atoms with van der Waals surface area (Å²) >= 11 is 0. The molecule has 0 saturated heterocycles. The van der Waals surface area contributed by atoms with E-state index in [1.807, 2.05) is 27.7 Å². The Hall–Kier alpha value is -1.45. The van der Waals surface area contributed by atoms with E-state index in [1.165, 1.54) is 0 Å². The topological polar surface area (TPSA) is 71.4 Å². The highest BCUT2D eigenvalue weighted by atomic mass is 16.3. The molecular weight excluding hydrogens is 436 g/mol. The van der Waals surface area contributed by atoms with E-state index in [2.05, 4.69) is 34.3 Å². The second-order valence-electron chi connectivity index (χ2n) is 12.5. The lowest BCUT2D eigenvalue weighted by Crippen LogP contribution is -2.31. The molecule has 0 aliphatic rings. The first kappa shape index (κ1) is 33.5. The molecule has 0 aliphatic carbocycles. The second-order valence-corrected chi connectivity index (χ2v) is 12.5. The Morgan fingerprint density at radius 1 is 0.657 bits per heavy atom. The smallest absolute Gasteiger partial charge is 0.138 e.